The van der Waals surface area contributed by atoms with Crippen LogP contribution in [0.25, 0.3) is 0 Å². The van der Waals surface area contributed by atoms with Crippen molar-refractivity contribution in [3.05, 3.63) is 0 Å². The van der Waals surface area contributed by atoms with Crippen LogP contribution in [0.1, 0.15) is 32.2 Å². The lowest BCUT2D eigenvalue weighted by atomic mass is 10.2. The minimum absolute atomic E-state index is 0.0429. The molecule has 1 saturated heterocycles. The highest BCUT2D eigenvalue weighted by Gasteiger charge is 2.33. The first kappa shape index (κ1) is 12.8. The van der Waals surface area contributed by atoms with Crippen LogP contribution in [0.4, 0.5) is 5.95 Å². The molecular formula is C12H18N4O2S. The van der Waals surface area contributed by atoms with Crippen LogP contribution in [-0.4, -0.2) is 44.7 Å². The van der Waals surface area contributed by atoms with Crippen LogP contribution in [0.5, 0.6) is 0 Å². The van der Waals surface area contributed by atoms with Crippen molar-refractivity contribution in [1.82, 2.24) is 14.8 Å². The zero-order valence-electron chi connectivity index (χ0n) is 10.9. The van der Waals surface area contributed by atoms with Crippen molar-refractivity contribution in [2.45, 2.75) is 37.4 Å². The molecule has 6 nitrogen and oxygen atoms in total. The second kappa shape index (κ2) is 5.03. The van der Waals surface area contributed by atoms with E-state index in [1.165, 1.54) is 18.2 Å². The fourth-order valence-corrected chi connectivity index (χ4v) is 3.20. The molecule has 2 fully saturated rings. The first-order chi connectivity index (χ1) is 9.15. The minimum atomic E-state index is -0.813. The van der Waals surface area contributed by atoms with Gasteiger partial charge in [0.1, 0.15) is 0 Å². The molecule has 19 heavy (non-hydrogen) atoms. The molecule has 1 aromatic rings. The molecule has 1 unspecified atom stereocenters. The fraction of sp³-hybridized carbons (Fsp3) is 0.750. The lowest BCUT2D eigenvalue weighted by molar-refractivity contribution is -0.133. The summed E-state index contributed by atoms with van der Waals surface area (Å²) in [5.41, 5.74) is 0. The topological polar surface area (TPSA) is 71.2 Å². The van der Waals surface area contributed by atoms with E-state index in [2.05, 4.69) is 26.6 Å². The summed E-state index contributed by atoms with van der Waals surface area (Å²) in [4.78, 5) is 13.0. The van der Waals surface area contributed by atoms with E-state index in [-0.39, 0.29) is 5.75 Å². The number of aromatic nitrogens is 3. The van der Waals surface area contributed by atoms with Crippen LogP contribution in [0.3, 0.4) is 0 Å². The predicted molar refractivity (Wildman–Crippen MR) is 72.6 cm³/mol. The SMILES string of the molecule is CC1CCN(c2nnc(SCC(=O)O)n2C2CC2)C1. The predicted octanol–water partition coefficient (Wildman–Crippen LogP) is 1.64. The van der Waals surface area contributed by atoms with Crippen molar-refractivity contribution in [1.29, 1.82) is 0 Å². The first-order valence-electron chi connectivity index (χ1n) is 6.69. The van der Waals surface area contributed by atoms with Gasteiger partial charge in [0.25, 0.3) is 0 Å². The molecule has 2 heterocycles. The van der Waals surface area contributed by atoms with E-state index < -0.39 is 5.97 Å². The van der Waals surface area contributed by atoms with Crippen molar-refractivity contribution in [3.63, 3.8) is 0 Å². The highest BCUT2D eigenvalue weighted by atomic mass is 32.2. The van der Waals surface area contributed by atoms with Gasteiger partial charge in [-0.25, -0.2) is 0 Å². The van der Waals surface area contributed by atoms with Crippen molar-refractivity contribution in [2.24, 2.45) is 5.92 Å². The van der Waals surface area contributed by atoms with Gasteiger partial charge in [0.2, 0.25) is 5.95 Å². The van der Waals surface area contributed by atoms with Gasteiger partial charge in [-0.05, 0) is 25.2 Å². The van der Waals surface area contributed by atoms with Gasteiger partial charge >= 0.3 is 5.97 Å². The van der Waals surface area contributed by atoms with Crippen LogP contribution in [0.15, 0.2) is 5.16 Å². The monoisotopic (exact) mass is 282 g/mol. The van der Waals surface area contributed by atoms with Crippen molar-refractivity contribution >= 4 is 23.7 Å². The van der Waals surface area contributed by atoms with Crippen LogP contribution in [0, 0.1) is 5.92 Å². The molecule has 0 radical (unpaired) electrons. The molecular weight excluding hydrogens is 264 g/mol. The molecule has 1 aliphatic carbocycles. The maximum absolute atomic E-state index is 10.7. The molecule has 0 amide bonds. The Labute approximate surface area is 116 Å². The fourth-order valence-electron chi connectivity index (χ4n) is 2.48. The number of carbonyl (C=O) groups is 1. The van der Waals surface area contributed by atoms with E-state index in [4.69, 9.17) is 5.11 Å². The van der Waals surface area contributed by atoms with Gasteiger partial charge in [0.05, 0.1) is 5.75 Å². The largest absolute Gasteiger partial charge is 0.481 e. The standard InChI is InChI=1S/C12H18N4O2S/c1-8-4-5-15(6-8)11-13-14-12(19-7-10(17)18)16(11)9-2-3-9/h8-9H,2-7H2,1H3,(H,17,18). The summed E-state index contributed by atoms with van der Waals surface area (Å²) in [5.74, 6) is 0.854. The number of hydrogen-bond acceptors (Lipinski definition) is 5. The quantitative estimate of drug-likeness (QED) is 0.828. The van der Waals surface area contributed by atoms with E-state index in [1.807, 2.05) is 0 Å². The van der Waals surface area contributed by atoms with Gasteiger partial charge in [0.15, 0.2) is 5.16 Å². The Balaban J connectivity index is 1.81. The zero-order chi connectivity index (χ0) is 13.4. The third kappa shape index (κ3) is 2.70. The number of thioether (sulfide) groups is 1. The number of nitrogens with zero attached hydrogens (tertiary/aromatic N) is 4. The van der Waals surface area contributed by atoms with Gasteiger partial charge in [-0.3, -0.25) is 9.36 Å². The van der Waals surface area contributed by atoms with Crippen molar-refractivity contribution in [3.8, 4) is 0 Å². The summed E-state index contributed by atoms with van der Waals surface area (Å²) in [7, 11) is 0. The second-order valence-electron chi connectivity index (χ2n) is 5.41. The molecule has 0 spiro atoms. The molecule has 3 rings (SSSR count). The van der Waals surface area contributed by atoms with Gasteiger partial charge < -0.3 is 10.0 Å². The van der Waals surface area contributed by atoms with Crippen molar-refractivity contribution in [2.75, 3.05) is 23.7 Å². The number of aliphatic carboxylic acids is 1. The van der Waals surface area contributed by atoms with Gasteiger partial charge in [-0.2, -0.15) is 0 Å². The maximum atomic E-state index is 10.7. The minimum Gasteiger partial charge on any atom is -0.481 e. The van der Waals surface area contributed by atoms with Gasteiger partial charge in [0, 0.05) is 19.1 Å². The zero-order valence-corrected chi connectivity index (χ0v) is 11.8. The Morgan fingerprint density at radius 2 is 2.21 bits per heavy atom. The smallest absolute Gasteiger partial charge is 0.313 e. The lowest BCUT2D eigenvalue weighted by Gasteiger charge is -2.18. The summed E-state index contributed by atoms with van der Waals surface area (Å²) in [6.45, 7) is 4.29. The Hall–Kier alpha value is -1.24. The van der Waals surface area contributed by atoms with Gasteiger partial charge in [-0.15, -0.1) is 10.2 Å². The maximum Gasteiger partial charge on any atom is 0.313 e. The molecule has 1 saturated carbocycles. The molecule has 7 heteroatoms. The van der Waals surface area contributed by atoms with Crippen LogP contribution in [-0.2, 0) is 4.79 Å². The summed E-state index contributed by atoms with van der Waals surface area (Å²) < 4.78 is 2.14. The van der Waals surface area contributed by atoms with Crippen LogP contribution < -0.4 is 4.90 Å². The summed E-state index contributed by atoms with van der Waals surface area (Å²) in [5, 5.41) is 18.0. The average Bonchev–Trinajstić information content (AvgIpc) is 2.97. The van der Waals surface area contributed by atoms with Gasteiger partial charge in [-0.1, -0.05) is 18.7 Å². The summed E-state index contributed by atoms with van der Waals surface area (Å²) >= 11 is 1.27. The number of hydrogen-bond donors (Lipinski definition) is 1. The van der Waals surface area contributed by atoms with Crippen LogP contribution >= 0.6 is 11.8 Å². The highest BCUT2D eigenvalue weighted by molar-refractivity contribution is 7.99. The van der Waals surface area contributed by atoms with E-state index in [9.17, 15) is 4.79 Å². The van der Waals surface area contributed by atoms with E-state index in [0.717, 1.165) is 37.0 Å². The van der Waals surface area contributed by atoms with Crippen LogP contribution in [0.2, 0.25) is 0 Å². The van der Waals surface area contributed by atoms with Crippen molar-refractivity contribution < 1.29 is 9.90 Å². The Morgan fingerprint density at radius 3 is 2.79 bits per heavy atom. The van der Waals surface area contributed by atoms with E-state index in [1.54, 1.807) is 0 Å². The first-order valence-corrected chi connectivity index (χ1v) is 7.68. The molecule has 1 N–H and O–H groups in total. The number of anilines is 1. The number of carboxylic acids is 1. The molecule has 1 atom stereocenters. The molecule has 1 aliphatic heterocycles. The lowest BCUT2D eigenvalue weighted by Crippen LogP contribution is -2.23. The third-order valence-corrected chi connectivity index (χ3v) is 4.52. The molecule has 0 aromatic carbocycles. The van der Waals surface area contributed by atoms with E-state index in [0.29, 0.717) is 12.0 Å². The number of carboxylic acid groups (broad SMARTS) is 1. The molecule has 2 aliphatic rings. The summed E-state index contributed by atoms with van der Waals surface area (Å²) in [6.07, 6.45) is 3.49. The number of rotatable bonds is 5. The Morgan fingerprint density at radius 1 is 1.42 bits per heavy atom. The highest BCUT2D eigenvalue weighted by Crippen LogP contribution is 2.41. The Kier molecular flexibility index (Phi) is 3.38. The Bertz CT molecular complexity index is 486. The van der Waals surface area contributed by atoms with E-state index >= 15 is 0 Å². The average molecular weight is 282 g/mol. The molecule has 104 valence electrons. The third-order valence-electron chi connectivity index (χ3n) is 3.59. The summed E-state index contributed by atoms with van der Waals surface area (Å²) in [6, 6.07) is 0.470. The molecule has 1 aromatic heterocycles. The normalized spacial score (nSPS) is 23.0. The second-order valence-corrected chi connectivity index (χ2v) is 6.35. The molecule has 0 bridgehead atoms.